The smallest absolute Gasteiger partial charge is 0.311 e. The molecule has 1 aromatic rings. The Kier molecular flexibility index (Phi) is 22.7. The Morgan fingerprint density at radius 3 is 2.28 bits per heavy atom. The first-order chi connectivity index (χ1) is 31.3. The van der Waals surface area contributed by atoms with Crippen LogP contribution in [0.1, 0.15) is 101 Å². The molecule has 0 aliphatic carbocycles. The number of carbonyl (C=O) groups is 2. The number of esters is 1. The van der Waals surface area contributed by atoms with Crippen molar-refractivity contribution < 1.29 is 68.6 Å². The van der Waals surface area contributed by atoms with Crippen molar-refractivity contribution in [3.63, 3.8) is 0 Å². The van der Waals surface area contributed by atoms with Gasteiger partial charge < -0.3 is 74.6 Å². The zero-order valence-electron chi connectivity index (χ0n) is 41.9. The third kappa shape index (κ3) is 15.6. The molecule has 3 aliphatic heterocycles. The molecule has 8 N–H and O–H groups in total. The Labute approximate surface area is 403 Å². The second-order valence-electron chi connectivity index (χ2n) is 19.8. The van der Waals surface area contributed by atoms with Crippen LogP contribution in [0.25, 0.3) is 0 Å². The summed E-state index contributed by atoms with van der Waals surface area (Å²) >= 11 is 5.52. The summed E-state index contributed by atoms with van der Waals surface area (Å²) in [5.41, 5.74) is -3.81. The molecule has 18 atom stereocenters. The number of aliphatic hydroxyl groups excluding tert-OH is 3. The fourth-order valence-corrected chi connectivity index (χ4v) is 10.2. The van der Waals surface area contributed by atoms with Crippen molar-refractivity contribution in [1.29, 1.82) is 0 Å². The van der Waals surface area contributed by atoms with Crippen LogP contribution in [0.2, 0.25) is 0 Å². The lowest BCUT2D eigenvalue weighted by molar-refractivity contribution is -0.318. The average Bonchev–Trinajstić information content (AvgIpc) is 3.26. The normalized spacial score (nSPS) is 40.6. The summed E-state index contributed by atoms with van der Waals surface area (Å²) in [5, 5.41) is 73.5. The number of likely N-dealkylation sites (N-methyl/N-ethyl adjacent to an activating group) is 1. The van der Waals surface area contributed by atoms with E-state index in [4.69, 9.17) is 50.5 Å². The summed E-state index contributed by atoms with van der Waals surface area (Å²) in [6.07, 6.45) is -4.81. The maximum Gasteiger partial charge on any atom is 0.311 e. The van der Waals surface area contributed by atoms with Gasteiger partial charge in [0.05, 0.1) is 53.4 Å². The largest absolute Gasteiger partial charge is 0.483 e. The minimum absolute atomic E-state index is 0.111. The van der Waals surface area contributed by atoms with Crippen LogP contribution in [-0.4, -0.2) is 194 Å². The number of pyridine rings is 1. The average molecular weight is 974 g/mol. The van der Waals surface area contributed by atoms with E-state index in [9.17, 15) is 30.3 Å². The number of aromatic nitrogens is 1. The molecule has 3 fully saturated rings. The van der Waals surface area contributed by atoms with E-state index in [1.54, 1.807) is 47.0 Å². The highest BCUT2D eigenvalue weighted by atomic mass is 32.1. The van der Waals surface area contributed by atoms with Crippen molar-refractivity contribution in [3.8, 4) is 0 Å². The predicted octanol–water partition coefficient (Wildman–Crippen LogP) is 2.74. The SMILES string of the molecule is CC[C@H]1OC(=O)[C@H](C)[C@@H](O[C@H]2C[C@@](C)(OC)[C@@H](O)[C@H](C)O2)[C@H](C)[C@@H](O[C@@H]2O[C@H](C)C[C@H](N(C)C)[C@H]2O)[C@](C)(O)C[C@@H](C)CN(CCCNC(=S)Nc2cccnc2)[C@H](C)[C@@H](O)[C@]1(C)O.O=CO. The van der Waals surface area contributed by atoms with Gasteiger partial charge in [-0.15, -0.1) is 0 Å². The van der Waals surface area contributed by atoms with Gasteiger partial charge in [-0.05, 0) is 119 Å². The molecule has 67 heavy (non-hydrogen) atoms. The van der Waals surface area contributed by atoms with E-state index in [0.29, 0.717) is 37.6 Å². The van der Waals surface area contributed by atoms with Gasteiger partial charge in [-0.1, -0.05) is 20.8 Å². The lowest BCUT2D eigenvalue weighted by Crippen LogP contribution is -2.60. The highest BCUT2D eigenvalue weighted by Gasteiger charge is 2.53. The lowest BCUT2D eigenvalue weighted by atomic mass is 9.77. The van der Waals surface area contributed by atoms with Crippen molar-refractivity contribution in [2.75, 3.05) is 46.2 Å². The molecule has 3 aliphatic rings. The molecule has 19 nitrogen and oxygen atoms in total. The van der Waals surface area contributed by atoms with Crippen molar-refractivity contribution in [2.24, 2.45) is 17.8 Å². The molecule has 20 heteroatoms. The van der Waals surface area contributed by atoms with Gasteiger partial charge in [0, 0.05) is 57.4 Å². The van der Waals surface area contributed by atoms with Crippen molar-refractivity contribution in [3.05, 3.63) is 24.5 Å². The van der Waals surface area contributed by atoms with Crippen LogP contribution in [0.4, 0.5) is 5.69 Å². The van der Waals surface area contributed by atoms with Crippen molar-refractivity contribution in [1.82, 2.24) is 20.1 Å². The second kappa shape index (κ2) is 26.0. The number of ether oxygens (including phenoxy) is 6. The van der Waals surface area contributed by atoms with Crippen LogP contribution in [0.5, 0.6) is 0 Å². The van der Waals surface area contributed by atoms with Crippen molar-refractivity contribution in [2.45, 2.75) is 192 Å². The standard InChI is InChI=1S/C46H81N5O12S.CH2O2/c1-14-34-46(10,57)38(53)30(6)51(20-16-19-48-43(64)49-32-17-15-18-47-24-32)25-26(2)22-44(8,56)40(63-42-36(52)33(50(11)12)21-27(3)59-42)28(4)37(29(5)41(55)61-34)62-35-23-45(9,58-13)39(54)31(7)60-35;2-1-3/h15,17-18,24,26-31,33-40,42,52-54,56-57H,14,16,19-23,25H2,1-13H3,(H2,48,49,64);1H,(H,2,3)/t26-,27-,28+,29-,30-,31+,33+,34-,35+,36-,37+,38-,39+,40-,42+,44-,45-,46-;/m1./s1. The zero-order chi connectivity index (χ0) is 50.6. The topological polar surface area (TPSA) is 254 Å². The maximum atomic E-state index is 14.5. The second-order valence-corrected chi connectivity index (χ2v) is 20.2. The van der Waals surface area contributed by atoms with E-state index in [1.165, 1.54) is 14.0 Å². The van der Waals surface area contributed by atoms with Crippen LogP contribution in [0.15, 0.2) is 24.5 Å². The molecule has 0 spiro atoms. The summed E-state index contributed by atoms with van der Waals surface area (Å²) in [7, 11) is 5.27. The number of methoxy groups -OCH3 is 1. The first kappa shape index (κ1) is 58.6. The Morgan fingerprint density at radius 2 is 1.70 bits per heavy atom. The summed E-state index contributed by atoms with van der Waals surface area (Å²) in [5.74, 6) is -2.78. The fourth-order valence-electron chi connectivity index (χ4n) is 9.99. The van der Waals surface area contributed by atoms with Crippen LogP contribution in [0, 0.1) is 17.8 Å². The number of anilines is 1. The van der Waals surface area contributed by atoms with E-state index < -0.39 is 96.0 Å². The Morgan fingerprint density at radius 1 is 1.04 bits per heavy atom. The molecule has 1 aromatic heterocycles. The maximum absolute atomic E-state index is 14.5. The first-order valence-electron chi connectivity index (χ1n) is 23.6. The number of nitrogens with zero attached hydrogens (tertiary/aromatic N) is 3. The predicted molar refractivity (Wildman–Crippen MR) is 255 cm³/mol. The van der Waals surface area contributed by atoms with Gasteiger partial charge in [0.2, 0.25) is 0 Å². The summed E-state index contributed by atoms with van der Waals surface area (Å²) < 4.78 is 38.1. The Balaban J connectivity index is 0.00000386. The highest BCUT2D eigenvalue weighted by molar-refractivity contribution is 7.80. The Hall–Kier alpha value is -2.70. The summed E-state index contributed by atoms with van der Waals surface area (Å²) in [6.45, 7) is 18.8. The van der Waals surface area contributed by atoms with Crippen LogP contribution >= 0.6 is 12.2 Å². The molecule has 4 rings (SSSR count). The molecule has 0 aromatic carbocycles. The third-order valence-corrected chi connectivity index (χ3v) is 14.1. The monoisotopic (exact) mass is 974 g/mol. The fraction of sp³-hybridized carbons (Fsp3) is 0.830. The Bertz CT molecular complexity index is 1670. The number of hydrogen-bond acceptors (Lipinski definition) is 17. The summed E-state index contributed by atoms with van der Waals surface area (Å²) in [6, 6.07) is 2.73. The molecule has 0 amide bonds. The van der Waals surface area contributed by atoms with E-state index in [0.717, 1.165) is 5.69 Å². The molecule has 0 bridgehead atoms. The number of aliphatic hydroxyl groups is 5. The quantitative estimate of drug-likeness (QED) is 0.0649. The van der Waals surface area contributed by atoms with Crippen molar-refractivity contribution >= 4 is 35.5 Å². The molecule has 386 valence electrons. The number of carboxylic acid groups (broad SMARTS) is 1. The zero-order valence-corrected chi connectivity index (χ0v) is 42.7. The number of carbonyl (C=O) groups excluding carboxylic acids is 1. The molecule has 3 saturated heterocycles. The van der Waals surface area contributed by atoms with Gasteiger partial charge >= 0.3 is 5.97 Å². The van der Waals surface area contributed by atoms with E-state index in [-0.39, 0.29) is 43.8 Å². The van der Waals surface area contributed by atoms with Gasteiger partial charge in [-0.25, -0.2) is 0 Å². The minimum Gasteiger partial charge on any atom is -0.483 e. The van der Waals surface area contributed by atoms with E-state index >= 15 is 0 Å². The van der Waals surface area contributed by atoms with Crippen LogP contribution in [0.3, 0.4) is 0 Å². The van der Waals surface area contributed by atoms with E-state index in [2.05, 4.69) is 20.5 Å². The number of rotatable bonds is 12. The number of nitrogens with one attached hydrogen (secondary N) is 2. The minimum atomic E-state index is -1.88. The van der Waals surface area contributed by atoms with Crippen LogP contribution in [-0.2, 0) is 38.0 Å². The number of thiocarbonyl (C=S) groups is 1. The number of hydrogen-bond donors (Lipinski definition) is 8. The molecule has 0 radical (unpaired) electrons. The van der Waals surface area contributed by atoms with Crippen LogP contribution < -0.4 is 10.6 Å². The molecule has 4 heterocycles. The highest BCUT2D eigenvalue weighted by Crippen LogP contribution is 2.40. The van der Waals surface area contributed by atoms with E-state index in [1.807, 2.05) is 58.8 Å². The van der Waals surface area contributed by atoms with Gasteiger partial charge in [0.15, 0.2) is 17.7 Å². The van der Waals surface area contributed by atoms with Gasteiger partial charge in [0.25, 0.3) is 6.47 Å². The first-order valence-corrected chi connectivity index (χ1v) is 24.0. The van der Waals surface area contributed by atoms with Gasteiger partial charge in [0.1, 0.15) is 30.0 Å². The lowest BCUT2D eigenvalue weighted by Gasteiger charge is -2.48. The number of cyclic esters (lactones) is 1. The van der Waals surface area contributed by atoms with Gasteiger partial charge in [-0.3, -0.25) is 19.5 Å². The molecular weight excluding hydrogens is 891 g/mol. The molecule has 0 saturated carbocycles. The molecular formula is C47H83N5O14S. The third-order valence-electron chi connectivity index (χ3n) is 13.9. The van der Waals surface area contributed by atoms with Gasteiger partial charge in [-0.2, -0.15) is 0 Å². The molecule has 0 unspecified atom stereocenters. The summed E-state index contributed by atoms with van der Waals surface area (Å²) in [4.78, 5) is 31.0.